The maximum atomic E-state index is 12.6. The van der Waals surface area contributed by atoms with E-state index in [1.54, 1.807) is 13.2 Å². The smallest absolute Gasteiger partial charge is 0.261 e. The number of hydrogen-bond acceptors (Lipinski definition) is 4. The maximum Gasteiger partial charge on any atom is 0.261 e. The van der Waals surface area contributed by atoms with Crippen molar-refractivity contribution in [3.05, 3.63) is 74.9 Å². The Balaban J connectivity index is 1.66. The molecule has 0 aliphatic carbocycles. The summed E-state index contributed by atoms with van der Waals surface area (Å²) in [5.41, 5.74) is 2.66. The van der Waals surface area contributed by atoms with Crippen LogP contribution in [0.1, 0.15) is 20.8 Å². The number of aromatic nitrogens is 1. The van der Waals surface area contributed by atoms with Gasteiger partial charge in [-0.15, -0.1) is 11.3 Å². The Morgan fingerprint density at radius 1 is 1.15 bits per heavy atom. The van der Waals surface area contributed by atoms with Crippen molar-refractivity contribution in [3.8, 4) is 5.75 Å². The Morgan fingerprint density at radius 3 is 2.81 bits per heavy atom. The molecule has 2 heterocycles. The van der Waals surface area contributed by atoms with Gasteiger partial charge in [-0.1, -0.05) is 23.8 Å². The molecule has 0 saturated carbocycles. The number of aromatic amines is 1. The maximum absolute atomic E-state index is 12.6. The molecule has 1 amide bonds. The van der Waals surface area contributed by atoms with E-state index in [4.69, 9.17) is 4.74 Å². The minimum atomic E-state index is -0.195. The van der Waals surface area contributed by atoms with Gasteiger partial charge in [-0.3, -0.25) is 9.59 Å². The number of hydrogen-bond donors (Lipinski definition) is 2. The molecule has 0 fully saturated rings. The van der Waals surface area contributed by atoms with Gasteiger partial charge in [0.15, 0.2) is 0 Å². The lowest BCUT2D eigenvalue weighted by atomic mass is 10.1. The Bertz CT molecular complexity index is 1220. The number of rotatable bonds is 4. The fourth-order valence-electron chi connectivity index (χ4n) is 3.07. The van der Waals surface area contributed by atoms with Gasteiger partial charge in [-0.25, -0.2) is 0 Å². The van der Waals surface area contributed by atoms with Gasteiger partial charge in [-0.05, 0) is 42.8 Å². The highest BCUT2D eigenvalue weighted by Crippen LogP contribution is 2.30. The van der Waals surface area contributed by atoms with Gasteiger partial charge in [0.1, 0.15) is 5.75 Å². The van der Waals surface area contributed by atoms with Gasteiger partial charge < -0.3 is 15.0 Å². The molecule has 0 aliphatic heterocycles. The van der Waals surface area contributed by atoms with E-state index in [1.165, 1.54) is 11.3 Å². The third-order valence-corrected chi connectivity index (χ3v) is 5.62. The van der Waals surface area contributed by atoms with Gasteiger partial charge in [0.05, 0.1) is 17.4 Å². The molecular weight excluding hydrogens is 360 g/mol. The number of nitrogens with one attached hydrogen (secondary N) is 2. The number of aryl methyl sites for hydroxylation is 1. The van der Waals surface area contributed by atoms with Crippen LogP contribution >= 0.6 is 11.3 Å². The third kappa shape index (κ3) is 3.31. The van der Waals surface area contributed by atoms with Crippen molar-refractivity contribution in [2.75, 3.05) is 7.11 Å². The molecular formula is C21H18N2O3S. The molecule has 0 atom stereocenters. The van der Waals surface area contributed by atoms with Gasteiger partial charge in [0.2, 0.25) is 0 Å². The van der Waals surface area contributed by atoms with Crippen molar-refractivity contribution in [2.24, 2.45) is 0 Å². The summed E-state index contributed by atoms with van der Waals surface area (Å²) in [6.45, 7) is 2.40. The van der Waals surface area contributed by atoms with Crippen LogP contribution < -0.4 is 15.6 Å². The van der Waals surface area contributed by atoms with Crippen LogP contribution in [0, 0.1) is 6.92 Å². The molecule has 2 aromatic carbocycles. The SMILES string of the molecule is COc1cccc(CNC(=O)c2cc3c(=O)[nH]c4ccc(C)cc4c3s2)c1. The van der Waals surface area contributed by atoms with Crippen LogP contribution in [0.15, 0.2) is 53.3 Å². The number of carbonyl (C=O) groups is 1. The molecule has 6 heteroatoms. The molecule has 0 aliphatic rings. The topological polar surface area (TPSA) is 71.2 Å². The average Bonchev–Trinajstić information content (AvgIpc) is 3.13. The average molecular weight is 378 g/mol. The van der Waals surface area contributed by atoms with E-state index < -0.39 is 0 Å². The summed E-state index contributed by atoms with van der Waals surface area (Å²) < 4.78 is 6.04. The highest BCUT2D eigenvalue weighted by molar-refractivity contribution is 7.21. The molecule has 136 valence electrons. The molecule has 0 spiro atoms. The van der Waals surface area contributed by atoms with E-state index in [0.717, 1.165) is 32.5 Å². The van der Waals surface area contributed by atoms with Crippen molar-refractivity contribution in [2.45, 2.75) is 13.5 Å². The zero-order valence-corrected chi connectivity index (χ0v) is 15.8. The number of methoxy groups -OCH3 is 1. The van der Waals surface area contributed by atoms with Crippen molar-refractivity contribution < 1.29 is 9.53 Å². The van der Waals surface area contributed by atoms with Gasteiger partial charge >= 0.3 is 0 Å². The summed E-state index contributed by atoms with van der Waals surface area (Å²) in [4.78, 5) is 28.4. The van der Waals surface area contributed by atoms with E-state index in [0.29, 0.717) is 16.8 Å². The molecule has 2 N–H and O–H groups in total. The second-order valence-corrected chi connectivity index (χ2v) is 7.44. The van der Waals surface area contributed by atoms with Crippen LogP contribution in [-0.2, 0) is 6.54 Å². The number of carbonyl (C=O) groups excluding carboxylic acids is 1. The summed E-state index contributed by atoms with van der Waals surface area (Å²) in [6.07, 6.45) is 0. The highest BCUT2D eigenvalue weighted by atomic mass is 32.1. The van der Waals surface area contributed by atoms with Gasteiger partial charge in [0.25, 0.3) is 11.5 Å². The normalized spacial score (nSPS) is 11.0. The van der Waals surface area contributed by atoms with E-state index in [-0.39, 0.29) is 11.5 Å². The first-order valence-electron chi connectivity index (χ1n) is 8.52. The standard InChI is InChI=1S/C21H18N2O3S/c1-12-6-7-17-15(8-12)19-16(20(24)23-17)10-18(27-19)21(25)22-11-13-4-3-5-14(9-13)26-2/h3-10H,11H2,1-2H3,(H,22,25)(H,23,24). The number of ether oxygens (including phenoxy) is 1. The second kappa shape index (κ2) is 6.89. The zero-order chi connectivity index (χ0) is 19.0. The van der Waals surface area contributed by atoms with Crippen molar-refractivity contribution in [3.63, 3.8) is 0 Å². The molecule has 27 heavy (non-hydrogen) atoms. The Morgan fingerprint density at radius 2 is 2.00 bits per heavy atom. The van der Waals surface area contributed by atoms with Crippen LogP contribution in [0.25, 0.3) is 21.0 Å². The first kappa shape index (κ1) is 17.3. The predicted octanol–water partition coefficient (Wildman–Crippen LogP) is 3.99. The van der Waals surface area contributed by atoms with Crippen LogP contribution in [0.2, 0.25) is 0 Å². The number of amides is 1. The zero-order valence-electron chi connectivity index (χ0n) is 15.0. The van der Waals surface area contributed by atoms with Crippen LogP contribution in [0.4, 0.5) is 0 Å². The number of fused-ring (bicyclic) bond motifs is 3. The van der Waals surface area contributed by atoms with Crippen molar-refractivity contribution in [1.29, 1.82) is 0 Å². The van der Waals surface area contributed by atoms with Gasteiger partial charge in [-0.2, -0.15) is 0 Å². The lowest BCUT2D eigenvalue weighted by molar-refractivity contribution is 0.0955. The number of thiophene rings is 1. The summed E-state index contributed by atoms with van der Waals surface area (Å²) in [6, 6.07) is 15.1. The Kier molecular flexibility index (Phi) is 4.41. The van der Waals surface area contributed by atoms with Crippen molar-refractivity contribution in [1.82, 2.24) is 10.3 Å². The van der Waals surface area contributed by atoms with Crippen LogP contribution in [-0.4, -0.2) is 18.0 Å². The van der Waals surface area contributed by atoms with E-state index in [1.807, 2.05) is 49.4 Å². The molecule has 4 aromatic rings. The first-order valence-corrected chi connectivity index (χ1v) is 9.34. The fourth-order valence-corrected chi connectivity index (χ4v) is 4.17. The number of benzene rings is 2. The molecule has 5 nitrogen and oxygen atoms in total. The minimum absolute atomic E-state index is 0.176. The van der Waals surface area contributed by atoms with Gasteiger partial charge in [0, 0.05) is 22.1 Å². The second-order valence-electron chi connectivity index (χ2n) is 6.39. The highest BCUT2D eigenvalue weighted by Gasteiger charge is 2.15. The molecule has 2 aromatic heterocycles. The Hall–Kier alpha value is -3.12. The van der Waals surface area contributed by atoms with Crippen LogP contribution in [0.3, 0.4) is 0 Å². The Labute approximate surface area is 159 Å². The van der Waals surface area contributed by atoms with E-state index in [2.05, 4.69) is 10.3 Å². The number of H-pyrrole nitrogens is 1. The van der Waals surface area contributed by atoms with E-state index in [9.17, 15) is 9.59 Å². The summed E-state index contributed by atoms with van der Waals surface area (Å²) in [5.74, 6) is 0.552. The van der Waals surface area contributed by atoms with Crippen molar-refractivity contribution >= 4 is 38.2 Å². The molecule has 0 unspecified atom stereocenters. The number of pyridine rings is 1. The van der Waals surface area contributed by atoms with Crippen LogP contribution in [0.5, 0.6) is 5.75 Å². The predicted molar refractivity (Wildman–Crippen MR) is 109 cm³/mol. The quantitative estimate of drug-likeness (QED) is 0.564. The third-order valence-electron chi connectivity index (χ3n) is 4.46. The molecule has 0 bridgehead atoms. The minimum Gasteiger partial charge on any atom is -0.497 e. The molecule has 4 rings (SSSR count). The summed E-state index contributed by atoms with van der Waals surface area (Å²) in [5, 5.41) is 4.42. The summed E-state index contributed by atoms with van der Waals surface area (Å²) >= 11 is 1.34. The monoisotopic (exact) mass is 378 g/mol. The first-order chi connectivity index (χ1) is 13.0. The summed E-state index contributed by atoms with van der Waals surface area (Å²) in [7, 11) is 1.61. The lowest BCUT2D eigenvalue weighted by Gasteiger charge is -2.05. The molecule has 0 radical (unpaired) electrons. The fraction of sp³-hybridized carbons (Fsp3) is 0.143. The van der Waals surface area contributed by atoms with E-state index >= 15 is 0 Å². The largest absolute Gasteiger partial charge is 0.497 e. The lowest BCUT2D eigenvalue weighted by Crippen LogP contribution is -2.21. The molecule has 0 saturated heterocycles.